The fraction of sp³-hybridized carbons (Fsp3) is 0.786. The topological polar surface area (TPSA) is 24.9 Å². The Morgan fingerprint density at radius 2 is 2.12 bits per heavy atom. The standard InChI is InChI=1S/C14H26N2S/c1-4-5-6-7-8-13(3)16-11-12(2)14-15-9-10-17-14/h9-10,12-13,16H,4-8,11H2,1-3H3. The van der Waals surface area contributed by atoms with Crippen molar-refractivity contribution in [2.45, 2.75) is 64.8 Å². The van der Waals surface area contributed by atoms with Gasteiger partial charge in [0.15, 0.2) is 0 Å². The van der Waals surface area contributed by atoms with Crippen molar-refractivity contribution in [3.8, 4) is 0 Å². The van der Waals surface area contributed by atoms with Gasteiger partial charge in [0.05, 0.1) is 5.01 Å². The summed E-state index contributed by atoms with van der Waals surface area (Å²) in [5.41, 5.74) is 0. The van der Waals surface area contributed by atoms with Crippen molar-refractivity contribution >= 4 is 11.3 Å². The smallest absolute Gasteiger partial charge is 0.0965 e. The van der Waals surface area contributed by atoms with E-state index in [-0.39, 0.29) is 0 Å². The molecule has 0 radical (unpaired) electrons. The van der Waals surface area contributed by atoms with Crippen molar-refractivity contribution in [1.82, 2.24) is 10.3 Å². The van der Waals surface area contributed by atoms with Crippen molar-refractivity contribution in [1.29, 1.82) is 0 Å². The highest BCUT2D eigenvalue weighted by atomic mass is 32.1. The molecule has 0 aliphatic rings. The van der Waals surface area contributed by atoms with Gasteiger partial charge in [0.1, 0.15) is 0 Å². The van der Waals surface area contributed by atoms with Crippen LogP contribution in [0.25, 0.3) is 0 Å². The van der Waals surface area contributed by atoms with Crippen LogP contribution in [0.1, 0.15) is 63.8 Å². The van der Waals surface area contributed by atoms with Gasteiger partial charge in [-0.3, -0.25) is 0 Å². The number of thiazole rings is 1. The maximum atomic E-state index is 4.36. The molecule has 0 saturated heterocycles. The number of aromatic nitrogens is 1. The normalized spacial score (nSPS) is 14.8. The van der Waals surface area contributed by atoms with Crippen LogP contribution in [-0.2, 0) is 0 Å². The van der Waals surface area contributed by atoms with Gasteiger partial charge in [0.2, 0.25) is 0 Å². The minimum atomic E-state index is 0.535. The second kappa shape index (κ2) is 8.65. The van der Waals surface area contributed by atoms with E-state index < -0.39 is 0 Å². The van der Waals surface area contributed by atoms with E-state index in [0.717, 1.165) is 6.54 Å². The molecule has 17 heavy (non-hydrogen) atoms. The predicted octanol–water partition coefficient (Wildman–Crippen LogP) is 4.20. The lowest BCUT2D eigenvalue weighted by Gasteiger charge is -2.16. The van der Waals surface area contributed by atoms with Crippen molar-refractivity contribution < 1.29 is 0 Å². The van der Waals surface area contributed by atoms with Crippen LogP contribution < -0.4 is 5.32 Å². The molecule has 0 aromatic carbocycles. The van der Waals surface area contributed by atoms with Crippen molar-refractivity contribution in [3.63, 3.8) is 0 Å². The average Bonchev–Trinajstić information content (AvgIpc) is 2.85. The Hall–Kier alpha value is -0.410. The van der Waals surface area contributed by atoms with E-state index in [0.29, 0.717) is 12.0 Å². The molecule has 2 atom stereocenters. The average molecular weight is 254 g/mol. The first kappa shape index (κ1) is 14.7. The lowest BCUT2D eigenvalue weighted by Crippen LogP contribution is -2.29. The summed E-state index contributed by atoms with van der Waals surface area (Å²) in [7, 11) is 0. The molecule has 2 unspecified atom stereocenters. The van der Waals surface area contributed by atoms with E-state index in [1.165, 1.54) is 37.1 Å². The van der Waals surface area contributed by atoms with E-state index >= 15 is 0 Å². The van der Waals surface area contributed by atoms with Gasteiger partial charge in [-0.05, 0) is 13.3 Å². The van der Waals surface area contributed by atoms with Gasteiger partial charge in [0, 0.05) is 30.1 Å². The Balaban J connectivity index is 2.09. The highest BCUT2D eigenvalue weighted by Gasteiger charge is 2.09. The quantitative estimate of drug-likeness (QED) is 0.668. The summed E-state index contributed by atoms with van der Waals surface area (Å²) in [4.78, 5) is 4.36. The predicted molar refractivity (Wildman–Crippen MR) is 76.8 cm³/mol. The first-order valence-electron chi connectivity index (χ1n) is 6.86. The van der Waals surface area contributed by atoms with Crippen molar-refractivity contribution in [2.24, 2.45) is 0 Å². The summed E-state index contributed by atoms with van der Waals surface area (Å²) in [5.74, 6) is 0.535. The van der Waals surface area contributed by atoms with Gasteiger partial charge in [-0.2, -0.15) is 0 Å². The molecule has 0 aliphatic carbocycles. The summed E-state index contributed by atoms with van der Waals surface area (Å²) in [6, 6.07) is 0.634. The zero-order chi connectivity index (χ0) is 12.5. The second-order valence-electron chi connectivity index (χ2n) is 4.93. The van der Waals surface area contributed by atoms with Gasteiger partial charge in [-0.15, -0.1) is 11.3 Å². The van der Waals surface area contributed by atoms with E-state index in [1.807, 2.05) is 6.20 Å². The Morgan fingerprint density at radius 3 is 2.76 bits per heavy atom. The molecule has 0 bridgehead atoms. The summed E-state index contributed by atoms with van der Waals surface area (Å²) >= 11 is 1.76. The van der Waals surface area contributed by atoms with Gasteiger partial charge < -0.3 is 5.32 Å². The molecule has 0 amide bonds. The molecule has 0 fully saturated rings. The highest BCUT2D eigenvalue weighted by Crippen LogP contribution is 2.16. The van der Waals surface area contributed by atoms with Crippen LogP contribution in [0.5, 0.6) is 0 Å². The van der Waals surface area contributed by atoms with Crippen LogP contribution in [0, 0.1) is 0 Å². The first-order valence-corrected chi connectivity index (χ1v) is 7.74. The number of unbranched alkanes of at least 4 members (excludes halogenated alkanes) is 3. The molecule has 1 aromatic heterocycles. The molecule has 0 spiro atoms. The van der Waals surface area contributed by atoms with Crippen LogP contribution >= 0.6 is 11.3 Å². The molecule has 0 saturated carbocycles. The number of nitrogens with one attached hydrogen (secondary N) is 1. The van der Waals surface area contributed by atoms with Gasteiger partial charge >= 0.3 is 0 Å². The molecule has 1 heterocycles. The van der Waals surface area contributed by atoms with E-state index in [4.69, 9.17) is 0 Å². The Labute approximate surface area is 110 Å². The van der Waals surface area contributed by atoms with Gasteiger partial charge in [-0.25, -0.2) is 4.98 Å². The molecule has 1 aromatic rings. The lowest BCUT2D eigenvalue weighted by atomic mass is 10.1. The maximum absolute atomic E-state index is 4.36. The van der Waals surface area contributed by atoms with Crippen LogP contribution in [0.2, 0.25) is 0 Å². The Bertz CT molecular complexity index is 272. The fourth-order valence-electron chi connectivity index (χ4n) is 1.92. The maximum Gasteiger partial charge on any atom is 0.0965 e. The monoisotopic (exact) mass is 254 g/mol. The van der Waals surface area contributed by atoms with Crippen molar-refractivity contribution in [3.05, 3.63) is 16.6 Å². The highest BCUT2D eigenvalue weighted by molar-refractivity contribution is 7.09. The molecule has 0 aliphatic heterocycles. The van der Waals surface area contributed by atoms with E-state index in [9.17, 15) is 0 Å². The Kier molecular flexibility index (Phi) is 7.45. The Morgan fingerprint density at radius 1 is 1.29 bits per heavy atom. The van der Waals surface area contributed by atoms with E-state index in [2.05, 4.69) is 36.5 Å². The third kappa shape index (κ3) is 6.18. The summed E-state index contributed by atoms with van der Waals surface area (Å²) in [5, 5.41) is 6.92. The number of hydrogen-bond donors (Lipinski definition) is 1. The summed E-state index contributed by atoms with van der Waals surface area (Å²) in [6.45, 7) is 7.84. The minimum absolute atomic E-state index is 0.535. The number of hydrogen-bond acceptors (Lipinski definition) is 3. The summed E-state index contributed by atoms with van der Waals surface area (Å²) < 4.78 is 0. The van der Waals surface area contributed by atoms with Gasteiger partial charge in [0.25, 0.3) is 0 Å². The molecule has 3 heteroatoms. The number of nitrogens with zero attached hydrogens (tertiary/aromatic N) is 1. The molecule has 1 rings (SSSR count). The first-order chi connectivity index (χ1) is 8.24. The van der Waals surface area contributed by atoms with Crippen molar-refractivity contribution in [2.75, 3.05) is 6.54 Å². The molecule has 98 valence electrons. The SMILES string of the molecule is CCCCCCC(C)NCC(C)c1nccs1. The largest absolute Gasteiger partial charge is 0.314 e. The van der Waals surface area contributed by atoms with Gasteiger partial charge in [-0.1, -0.05) is 39.5 Å². The van der Waals surface area contributed by atoms with Crippen LogP contribution in [0.4, 0.5) is 0 Å². The zero-order valence-corrected chi connectivity index (χ0v) is 12.2. The molecular formula is C14H26N2S. The lowest BCUT2D eigenvalue weighted by molar-refractivity contribution is 0.468. The minimum Gasteiger partial charge on any atom is -0.314 e. The van der Waals surface area contributed by atoms with Crippen LogP contribution in [0.15, 0.2) is 11.6 Å². The fourth-order valence-corrected chi connectivity index (χ4v) is 2.62. The zero-order valence-electron chi connectivity index (χ0n) is 11.4. The number of rotatable bonds is 9. The summed E-state index contributed by atoms with van der Waals surface area (Å²) in [6.07, 6.45) is 8.62. The third-order valence-corrected chi connectivity index (χ3v) is 4.14. The van der Waals surface area contributed by atoms with E-state index in [1.54, 1.807) is 11.3 Å². The van der Waals surface area contributed by atoms with Crippen LogP contribution in [-0.4, -0.2) is 17.6 Å². The van der Waals surface area contributed by atoms with Crippen LogP contribution in [0.3, 0.4) is 0 Å². The second-order valence-corrected chi connectivity index (χ2v) is 5.86. The molecule has 2 nitrogen and oxygen atoms in total. The molecule has 1 N–H and O–H groups in total. The molecular weight excluding hydrogens is 228 g/mol. The third-order valence-electron chi connectivity index (χ3n) is 3.14.